The Hall–Kier alpha value is -0.820. The Bertz CT molecular complexity index is 193. The average Bonchev–Trinajstić information content (AvgIpc) is 1.91. The Balaban J connectivity index is 2.85. The molecule has 0 aromatic carbocycles. The maximum absolute atomic E-state index is 5.34. The fourth-order valence-electron chi connectivity index (χ4n) is 0.547. The zero-order chi connectivity index (χ0) is 6.53. The van der Waals surface area contributed by atoms with Gasteiger partial charge in [-0.3, -0.25) is 4.98 Å². The molecule has 2 heteroatoms. The molecule has 0 unspecified atom stereocenters. The number of nitrogens with zero attached hydrogens (tertiary/aromatic N) is 1. The first-order chi connectivity index (χ1) is 4.43. The molecular formula is C7H6ClN. The van der Waals surface area contributed by atoms with Crippen molar-refractivity contribution in [1.82, 2.24) is 4.98 Å². The number of aromatic nitrogens is 1. The summed E-state index contributed by atoms with van der Waals surface area (Å²) in [4.78, 5) is 3.85. The molecule has 1 rings (SSSR count). The first-order valence-electron chi connectivity index (χ1n) is 2.60. The van der Waals surface area contributed by atoms with E-state index in [-0.39, 0.29) is 0 Å². The van der Waals surface area contributed by atoms with Crippen LogP contribution in [0.15, 0.2) is 30.1 Å². The molecule has 0 fully saturated rings. The Morgan fingerprint density at radius 2 is 2.00 bits per heavy atom. The van der Waals surface area contributed by atoms with Gasteiger partial charge in [0, 0.05) is 17.9 Å². The molecule has 0 N–H and O–H groups in total. The highest BCUT2D eigenvalue weighted by Crippen LogP contribution is 1.98. The highest BCUT2D eigenvalue weighted by molar-refractivity contribution is 6.27. The van der Waals surface area contributed by atoms with E-state index >= 15 is 0 Å². The minimum atomic E-state index is 1.07. The van der Waals surface area contributed by atoms with Crippen LogP contribution >= 0.6 is 11.6 Å². The number of halogens is 1. The van der Waals surface area contributed by atoms with Gasteiger partial charge in [-0.1, -0.05) is 11.6 Å². The van der Waals surface area contributed by atoms with Crippen molar-refractivity contribution in [1.29, 1.82) is 0 Å². The van der Waals surface area contributed by atoms with Crippen molar-refractivity contribution >= 4 is 17.7 Å². The molecule has 0 spiro atoms. The van der Waals surface area contributed by atoms with Crippen molar-refractivity contribution in [3.8, 4) is 0 Å². The minimum Gasteiger partial charge on any atom is -0.265 e. The molecule has 46 valence electrons. The molecule has 0 bridgehead atoms. The van der Waals surface area contributed by atoms with E-state index in [0.717, 1.165) is 5.56 Å². The van der Waals surface area contributed by atoms with Crippen LogP contribution in [-0.4, -0.2) is 4.98 Å². The van der Waals surface area contributed by atoms with Gasteiger partial charge >= 0.3 is 0 Å². The lowest BCUT2D eigenvalue weighted by atomic mass is 10.3. The summed E-state index contributed by atoms with van der Waals surface area (Å²) >= 11 is 5.34. The van der Waals surface area contributed by atoms with Gasteiger partial charge in [0.2, 0.25) is 0 Å². The van der Waals surface area contributed by atoms with Crippen LogP contribution in [0, 0.1) is 0 Å². The molecule has 0 atom stereocenters. The molecule has 1 heterocycles. The summed E-state index contributed by atoms with van der Waals surface area (Å²) in [5, 5.41) is 0. The number of hydrogen-bond donors (Lipinski definition) is 0. The Labute approximate surface area is 59.0 Å². The van der Waals surface area contributed by atoms with E-state index in [0.29, 0.717) is 0 Å². The Morgan fingerprint density at radius 1 is 1.33 bits per heavy atom. The topological polar surface area (TPSA) is 12.9 Å². The Kier molecular flexibility index (Phi) is 2.28. The molecule has 0 aliphatic carbocycles. The maximum atomic E-state index is 5.34. The zero-order valence-electron chi connectivity index (χ0n) is 4.79. The summed E-state index contributed by atoms with van der Waals surface area (Å²) in [6.45, 7) is 0. The quantitative estimate of drug-likeness (QED) is 0.582. The smallest absolute Gasteiger partial charge is 0.0273 e. The third kappa shape index (κ3) is 1.86. The second kappa shape index (κ2) is 3.25. The van der Waals surface area contributed by atoms with Gasteiger partial charge in [-0.15, -0.1) is 0 Å². The SMILES string of the molecule is Cl/C=C/c1ccncc1. The third-order valence-electron chi connectivity index (χ3n) is 0.962. The highest BCUT2D eigenvalue weighted by Gasteiger charge is 1.79. The van der Waals surface area contributed by atoms with E-state index in [4.69, 9.17) is 11.6 Å². The van der Waals surface area contributed by atoms with E-state index in [9.17, 15) is 0 Å². The van der Waals surface area contributed by atoms with Crippen molar-refractivity contribution in [2.45, 2.75) is 0 Å². The molecule has 0 aliphatic rings. The second-order valence-electron chi connectivity index (χ2n) is 1.57. The fourth-order valence-corrected chi connectivity index (χ4v) is 0.693. The molecule has 1 aromatic heterocycles. The van der Waals surface area contributed by atoms with Crippen LogP contribution in [0.25, 0.3) is 6.08 Å². The van der Waals surface area contributed by atoms with Crippen LogP contribution in [0.3, 0.4) is 0 Å². The first kappa shape index (κ1) is 6.30. The van der Waals surface area contributed by atoms with Gasteiger partial charge in [-0.25, -0.2) is 0 Å². The zero-order valence-corrected chi connectivity index (χ0v) is 5.55. The lowest BCUT2D eigenvalue weighted by Crippen LogP contribution is -1.70. The molecule has 0 amide bonds. The van der Waals surface area contributed by atoms with E-state index in [2.05, 4.69) is 4.98 Å². The number of hydrogen-bond acceptors (Lipinski definition) is 1. The molecule has 1 aromatic rings. The third-order valence-corrected chi connectivity index (χ3v) is 1.09. The largest absolute Gasteiger partial charge is 0.265 e. The minimum absolute atomic E-state index is 1.07. The normalized spacial score (nSPS) is 10.3. The average molecular weight is 140 g/mol. The van der Waals surface area contributed by atoms with Crippen molar-refractivity contribution in [3.05, 3.63) is 35.6 Å². The van der Waals surface area contributed by atoms with Gasteiger partial charge in [0.15, 0.2) is 0 Å². The number of pyridine rings is 1. The van der Waals surface area contributed by atoms with E-state index < -0.39 is 0 Å². The van der Waals surface area contributed by atoms with Crippen LogP contribution in [0.5, 0.6) is 0 Å². The summed E-state index contributed by atoms with van der Waals surface area (Å²) < 4.78 is 0. The standard InChI is InChI=1S/C7H6ClN/c8-4-1-7-2-5-9-6-3-7/h1-6H/b4-1+. The van der Waals surface area contributed by atoms with Crippen molar-refractivity contribution in [2.75, 3.05) is 0 Å². The van der Waals surface area contributed by atoms with Crippen LogP contribution in [-0.2, 0) is 0 Å². The lowest BCUT2D eigenvalue weighted by molar-refractivity contribution is 1.32. The van der Waals surface area contributed by atoms with Crippen LogP contribution in [0.1, 0.15) is 5.56 Å². The number of rotatable bonds is 1. The molecule has 9 heavy (non-hydrogen) atoms. The van der Waals surface area contributed by atoms with E-state index in [1.165, 1.54) is 5.54 Å². The van der Waals surface area contributed by atoms with E-state index in [1.54, 1.807) is 12.4 Å². The molecule has 0 radical (unpaired) electrons. The monoisotopic (exact) mass is 139 g/mol. The molecule has 0 saturated heterocycles. The summed E-state index contributed by atoms with van der Waals surface area (Å²) in [5.41, 5.74) is 2.55. The van der Waals surface area contributed by atoms with Gasteiger partial charge < -0.3 is 0 Å². The fraction of sp³-hybridized carbons (Fsp3) is 0. The summed E-state index contributed by atoms with van der Waals surface area (Å²) in [5.74, 6) is 0. The summed E-state index contributed by atoms with van der Waals surface area (Å²) in [6, 6.07) is 3.78. The summed E-state index contributed by atoms with van der Waals surface area (Å²) in [7, 11) is 0. The molecular weight excluding hydrogens is 134 g/mol. The van der Waals surface area contributed by atoms with Gasteiger partial charge in [-0.2, -0.15) is 0 Å². The molecule has 0 saturated carbocycles. The predicted molar refractivity (Wildman–Crippen MR) is 39.1 cm³/mol. The van der Waals surface area contributed by atoms with Crippen molar-refractivity contribution in [3.63, 3.8) is 0 Å². The predicted octanol–water partition coefficient (Wildman–Crippen LogP) is 2.29. The van der Waals surface area contributed by atoms with Crippen LogP contribution in [0.2, 0.25) is 0 Å². The second-order valence-corrected chi connectivity index (χ2v) is 1.83. The van der Waals surface area contributed by atoms with Gasteiger partial charge in [0.25, 0.3) is 0 Å². The van der Waals surface area contributed by atoms with Gasteiger partial charge in [-0.05, 0) is 23.8 Å². The lowest BCUT2D eigenvalue weighted by Gasteiger charge is -1.85. The van der Waals surface area contributed by atoms with Gasteiger partial charge in [0.1, 0.15) is 0 Å². The maximum Gasteiger partial charge on any atom is 0.0273 e. The highest BCUT2D eigenvalue weighted by atomic mass is 35.5. The van der Waals surface area contributed by atoms with Crippen molar-refractivity contribution < 1.29 is 0 Å². The molecule has 1 nitrogen and oxygen atoms in total. The van der Waals surface area contributed by atoms with E-state index in [1.807, 2.05) is 18.2 Å². The van der Waals surface area contributed by atoms with Crippen molar-refractivity contribution in [2.24, 2.45) is 0 Å². The Morgan fingerprint density at radius 3 is 2.56 bits per heavy atom. The molecule has 0 aliphatic heterocycles. The van der Waals surface area contributed by atoms with Gasteiger partial charge in [0.05, 0.1) is 0 Å². The van der Waals surface area contributed by atoms with Crippen LogP contribution < -0.4 is 0 Å². The van der Waals surface area contributed by atoms with Crippen LogP contribution in [0.4, 0.5) is 0 Å². The summed E-state index contributed by atoms with van der Waals surface area (Å²) in [6.07, 6.45) is 5.27. The first-order valence-corrected chi connectivity index (χ1v) is 3.04.